The van der Waals surface area contributed by atoms with Gasteiger partial charge in [0, 0.05) is 80.9 Å². The summed E-state index contributed by atoms with van der Waals surface area (Å²) in [5.74, 6) is 7.39. The number of rotatable bonds is 10. The van der Waals surface area contributed by atoms with Crippen LogP contribution in [0.5, 0.6) is 0 Å². The molecule has 0 atom stereocenters. The van der Waals surface area contributed by atoms with Gasteiger partial charge in [0.05, 0.1) is 35.8 Å². The molecule has 0 aromatic carbocycles. The van der Waals surface area contributed by atoms with Gasteiger partial charge in [-0.1, -0.05) is 283 Å². The largest absolute Gasteiger partial charge is 0.451 e. The lowest BCUT2D eigenvalue weighted by atomic mass is 10.1. The second-order valence-corrected chi connectivity index (χ2v) is 24.3. The molecule has 0 radical (unpaired) electrons. The minimum atomic E-state index is 0.407. The fourth-order valence-electron chi connectivity index (χ4n) is 5.52. The van der Waals surface area contributed by atoms with Gasteiger partial charge in [-0.25, -0.2) is 23.7 Å². The van der Waals surface area contributed by atoms with Crippen molar-refractivity contribution in [2.45, 2.75) is 330 Å². The van der Waals surface area contributed by atoms with Crippen LogP contribution < -0.4 is 0 Å². The van der Waals surface area contributed by atoms with E-state index < -0.39 is 0 Å². The lowest BCUT2D eigenvalue weighted by Gasteiger charge is -1.98. The molecule has 1 aliphatic heterocycles. The summed E-state index contributed by atoms with van der Waals surface area (Å²) in [6.07, 6.45) is 23.0. The third kappa shape index (κ3) is 70.4. The molecule has 10 heterocycles. The molecule has 10 rings (SSSR count). The molecule has 9 aromatic heterocycles. The van der Waals surface area contributed by atoms with E-state index in [1.807, 2.05) is 200 Å². The summed E-state index contributed by atoms with van der Waals surface area (Å²) >= 11 is 6.34. The number of nitrogens with zero attached hydrogens (tertiary/aromatic N) is 10. The molecule has 15 nitrogen and oxygen atoms in total. The highest BCUT2D eigenvalue weighted by Gasteiger charge is 2.04. The number of allylic oxidation sites excluding steroid dienone is 1. The number of oxazole rings is 3. The SMILES string of the molecule is CC.CC.CC.CC.CC.CC.CC.CC.CC.CC.CC(C)C1=CCN=C1.CC(C)c1ccn[nH]1.CC(C)c1ccn[nH]1.CC(C)c1ccns1.CC(C)c1ccsn1.CC(C)c1cnco1.CC(C)c1cncs1.CC(C)c1cnsc1.CC(C)c1cocn1.CC(C)c1ncco1. The Morgan fingerprint density at radius 1 is 0.430 bits per heavy atom. The van der Waals surface area contributed by atoms with Crippen LogP contribution in [-0.4, -0.2) is 66.2 Å². The zero-order valence-corrected chi connectivity index (χ0v) is 74.6. The fourth-order valence-corrected chi connectivity index (χ4v) is 8.09. The molecule has 19 heteroatoms. The van der Waals surface area contributed by atoms with Crippen LogP contribution in [0.2, 0.25) is 0 Å². The number of H-pyrrole nitrogens is 2. The summed E-state index contributed by atoms with van der Waals surface area (Å²) < 4.78 is 26.9. The van der Waals surface area contributed by atoms with Crippen LogP contribution in [0.25, 0.3) is 0 Å². The molecule has 2 N–H and O–H groups in total. The summed E-state index contributed by atoms with van der Waals surface area (Å²) in [5.41, 5.74) is 9.21. The minimum absolute atomic E-state index is 0.407. The van der Waals surface area contributed by atoms with Crippen molar-refractivity contribution in [1.29, 1.82) is 0 Å². The van der Waals surface area contributed by atoms with Gasteiger partial charge in [0.2, 0.25) is 0 Å². The number of thiazole rings is 1. The molecule has 9 aromatic rings. The third-order valence-electron chi connectivity index (χ3n) is 10.9. The normalized spacial score (nSPS) is 9.48. The van der Waals surface area contributed by atoms with Gasteiger partial charge in [-0.3, -0.25) is 20.2 Å². The van der Waals surface area contributed by atoms with Crippen molar-refractivity contribution in [3.8, 4) is 0 Å². The Bertz CT molecular complexity index is 2150. The Hall–Kier alpha value is -6.02. The van der Waals surface area contributed by atoms with Gasteiger partial charge in [-0.05, 0) is 117 Å². The van der Waals surface area contributed by atoms with Gasteiger partial charge in [0.25, 0.3) is 0 Å². The average Bonchev–Trinajstić information content (AvgIpc) is 3.90. The third-order valence-corrected chi connectivity index (χ3v) is 14.2. The van der Waals surface area contributed by atoms with Crippen molar-refractivity contribution < 1.29 is 13.3 Å². The Morgan fingerprint density at radius 2 is 0.950 bits per heavy atom. The summed E-state index contributed by atoms with van der Waals surface area (Å²) in [5, 5.41) is 17.5. The molecular formula is C81H154N12O3S4. The van der Waals surface area contributed by atoms with E-state index in [0.717, 1.165) is 23.9 Å². The van der Waals surface area contributed by atoms with Crippen LogP contribution in [0, 0.1) is 5.92 Å². The number of hydrogen-bond acceptors (Lipinski definition) is 17. The van der Waals surface area contributed by atoms with E-state index in [1.165, 1.54) is 73.8 Å². The first-order chi connectivity index (χ1) is 48.0. The monoisotopic (exact) mass is 1470 g/mol. The summed E-state index contributed by atoms with van der Waals surface area (Å²) in [4.78, 5) is 22.4. The standard InChI is InChI=1S/C7H11N.2C6H10N2.3C6H9NO.4C6H9NS.10C2H6/c1-6(2)7-3-4-8-5-7;2*1-5(2)6-3-4-7-8-6;1-5(2)6-3-8-4-7-6;1-5(2)6-3-7-4-8-6;1-5(2)6-7-3-4-8-6;1-5(2)6-3-7-4-8-6;1-5(2)6-3-7-8-4-6;1-5(2)6-3-4-8-7-6;1-5(2)6-3-4-7-8-6;10*1-2/h3,5-6H,4H2,1-2H3;2*3-5H,1-2H3,(H,7,8);7*3-5H,1-2H3;10*1-2H3. The van der Waals surface area contributed by atoms with Crippen LogP contribution in [0.3, 0.4) is 0 Å². The summed E-state index contributed by atoms with van der Waals surface area (Å²) in [6, 6.07) is 8.11. The lowest BCUT2D eigenvalue weighted by Crippen LogP contribution is -1.90. The van der Waals surface area contributed by atoms with Gasteiger partial charge in [0.15, 0.2) is 18.7 Å². The van der Waals surface area contributed by atoms with E-state index in [0.29, 0.717) is 59.2 Å². The predicted octanol–water partition coefficient (Wildman–Crippen LogP) is 29.4. The summed E-state index contributed by atoms with van der Waals surface area (Å²) in [7, 11) is 0. The van der Waals surface area contributed by atoms with E-state index in [4.69, 9.17) is 13.3 Å². The second-order valence-electron chi connectivity index (χ2n) is 21.2. The van der Waals surface area contributed by atoms with Gasteiger partial charge < -0.3 is 13.3 Å². The van der Waals surface area contributed by atoms with E-state index in [9.17, 15) is 0 Å². The molecule has 0 saturated heterocycles. The zero-order valence-electron chi connectivity index (χ0n) is 71.4. The summed E-state index contributed by atoms with van der Waals surface area (Å²) in [6.45, 7) is 83.5. The Labute approximate surface area is 633 Å². The molecule has 0 aliphatic carbocycles. The maximum absolute atomic E-state index is 4.98. The maximum atomic E-state index is 4.98. The van der Waals surface area contributed by atoms with Crippen molar-refractivity contribution in [1.82, 2.24) is 53.5 Å². The minimum Gasteiger partial charge on any atom is -0.451 e. The van der Waals surface area contributed by atoms with Crippen molar-refractivity contribution in [3.05, 3.63) is 171 Å². The highest BCUT2D eigenvalue weighted by atomic mass is 32.1. The number of hydrogen-bond donors (Lipinski definition) is 2. The van der Waals surface area contributed by atoms with Crippen LogP contribution >= 0.6 is 45.9 Å². The van der Waals surface area contributed by atoms with E-state index in [-0.39, 0.29) is 0 Å². The zero-order chi connectivity index (χ0) is 79.8. The topological polar surface area (TPSA) is 199 Å². The molecule has 0 spiro atoms. The molecule has 0 bridgehead atoms. The van der Waals surface area contributed by atoms with E-state index in [1.54, 1.807) is 60.2 Å². The fraction of sp³-hybridized carbons (Fsp3) is 0.630. The quantitative estimate of drug-likeness (QED) is 0.131. The first kappa shape index (κ1) is 115. The van der Waals surface area contributed by atoms with Crippen molar-refractivity contribution >= 4 is 52.1 Å². The number of aromatic amines is 2. The van der Waals surface area contributed by atoms with Crippen molar-refractivity contribution in [2.24, 2.45) is 10.9 Å². The molecule has 0 unspecified atom stereocenters. The number of nitrogens with one attached hydrogen (secondary N) is 2. The van der Waals surface area contributed by atoms with Crippen LogP contribution in [0.15, 0.2) is 139 Å². The van der Waals surface area contributed by atoms with Crippen LogP contribution in [-0.2, 0) is 0 Å². The van der Waals surface area contributed by atoms with Crippen molar-refractivity contribution in [2.75, 3.05) is 6.54 Å². The van der Waals surface area contributed by atoms with Gasteiger partial charge in [0.1, 0.15) is 18.3 Å². The average molecular weight is 1470 g/mol. The molecule has 0 fully saturated rings. The van der Waals surface area contributed by atoms with Crippen LogP contribution in [0.4, 0.5) is 0 Å². The second kappa shape index (κ2) is 89.1. The number of aromatic nitrogens is 11. The first-order valence-electron chi connectivity index (χ1n) is 37.5. The molecule has 0 saturated carbocycles. The highest BCUT2D eigenvalue weighted by Crippen LogP contribution is 2.19. The lowest BCUT2D eigenvalue weighted by molar-refractivity contribution is 0.471. The molecule has 1 aliphatic rings. The molecule has 100 heavy (non-hydrogen) atoms. The van der Waals surface area contributed by atoms with Gasteiger partial charge in [-0.2, -0.15) is 14.6 Å². The Kier molecular flexibility index (Phi) is 103. The van der Waals surface area contributed by atoms with Gasteiger partial charge in [-0.15, -0.1) is 11.3 Å². The highest BCUT2D eigenvalue weighted by molar-refractivity contribution is 7.09. The molecular weight excluding hydrogens is 1320 g/mol. The first-order valence-corrected chi connectivity index (χ1v) is 40.8. The predicted molar refractivity (Wildman–Crippen MR) is 452 cm³/mol. The van der Waals surface area contributed by atoms with Crippen LogP contribution in [0.1, 0.15) is 380 Å². The van der Waals surface area contributed by atoms with Gasteiger partial charge >= 0.3 is 0 Å². The smallest absolute Gasteiger partial charge is 0.196 e. The maximum Gasteiger partial charge on any atom is 0.196 e. The Balaban J connectivity index is -0.000000109. The van der Waals surface area contributed by atoms with Crippen molar-refractivity contribution in [3.63, 3.8) is 0 Å². The number of aliphatic imine (C=N–C) groups is 1. The van der Waals surface area contributed by atoms with E-state index >= 15 is 0 Å². The Morgan fingerprint density at radius 3 is 1.13 bits per heavy atom. The molecule has 0 amide bonds. The molecule has 580 valence electrons. The van der Waals surface area contributed by atoms with E-state index in [2.05, 4.69) is 207 Å².